The van der Waals surface area contributed by atoms with Gasteiger partial charge in [-0.25, -0.2) is 0 Å². The summed E-state index contributed by atoms with van der Waals surface area (Å²) in [5.74, 6) is 0.928. The molecule has 0 bridgehead atoms. The average molecular weight is 211 g/mol. The van der Waals surface area contributed by atoms with Crippen molar-refractivity contribution < 1.29 is 0 Å². The Balaban J connectivity index is 2.68. The minimum atomic E-state index is 0.768. The Labute approximate surface area is 96.2 Å². The fraction of sp³-hybridized carbons (Fsp3) is 1.00. The van der Waals surface area contributed by atoms with Crippen molar-refractivity contribution >= 4 is 0 Å². The van der Waals surface area contributed by atoms with Gasteiger partial charge in [0.05, 0.1) is 0 Å². The van der Waals surface area contributed by atoms with Gasteiger partial charge in [-0.3, -0.25) is 4.90 Å². The van der Waals surface area contributed by atoms with Gasteiger partial charge < -0.3 is 0 Å². The molecule has 0 aromatic rings. The molecule has 15 heavy (non-hydrogen) atoms. The Hall–Kier alpha value is -0.0400. The molecule has 0 aromatic heterocycles. The first-order chi connectivity index (χ1) is 7.10. The highest BCUT2D eigenvalue weighted by Gasteiger charge is 2.32. The lowest BCUT2D eigenvalue weighted by molar-refractivity contribution is 0.0253. The van der Waals surface area contributed by atoms with Crippen LogP contribution in [0.2, 0.25) is 0 Å². The fourth-order valence-electron chi connectivity index (χ4n) is 3.35. The lowest BCUT2D eigenvalue weighted by Gasteiger charge is -2.46. The van der Waals surface area contributed by atoms with E-state index >= 15 is 0 Å². The molecule has 4 unspecified atom stereocenters. The highest BCUT2D eigenvalue weighted by atomic mass is 15.2. The second kappa shape index (κ2) is 5.89. The zero-order valence-corrected chi connectivity index (χ0v) is 11.3. The van der Waals surface area contributed by atoms with Crippen LogP contribution in [0, 0.1) is 5.92 Å². The van der Waals surface area contributed by atoms with Crippen molar-refractivity contribution in [3.63, 3.8) is 0 Å². The highest BCUT2D eigenvalue weighted by Crippen LogP contribution is 2.32. The molecule has 0 amide bonds. The molecule has 1 aliphatic rings. The molecule has 90 valence electrons. The van der Waals surface area contributed by atoms with Gasteiger partial charge in [-0.05, 0) is 45.4 Å². The molecule has 0 radical (unpaired) electrons. The van der Waals surface area contributed by atoms with E-state index in [0.29, 0.717) is 0 Å². The maximum atomic E-state index is 2.80. The molecule has 0 spiro atoms. The van der Waals surface area contributed by atoms with Crippen LogP contribution in [0.4, 0.5) is 0 Å². The van der Waals surface area contributed by atoms with Crippen molar-refractivity contribution in [2.45, 2.75) is 84.8 Å². The van der Waals surface area contributed by atoms with Gasteiger partial charge in [0.1, 0.15) is 0 Å². The van der Waals surface area contributed by atoms with Crippen LogP contribution in [0.3, 0.4) is 0 Å². The summed E-state index contributed by atoms with van der Waals surface area (Å²) in [4.78, 5) is 2.80. The second-order valence-electron chi connectivity index (χ2n) is 5.57. The first-order valence-electron chi connectivity index (χ1n) is 6.87. The molecule has 1 fully saturated rings. The number of piperidine rings is 1. The summed E-state index contributed by atoms with van der Waals surface area (Å²) >= 11 is 0. The third-order valence-corrected chi connectivity index (χ3v) is 4.07. The standard InChI is InChI=1S/C14H29N/c1-6-8-14-10-11(3)9-13(5)15(14)12(4)7-2/h11-14H,6-10H2,1-5H3. The van der Waals surface area contributed by atoms with Crippen LogP contribution in [-0.2, 0) is 0 Å². The van der Waals surface area contributed by atoms with Crippen LogP contribution in [0.15, 0.2) is 0 Å². The van der Waals surface area contributed by atoms with E-state index in [2.05, 4.69) is 39.5 Å². The molecule has 1 aliphatic heterocycles. The van der Waals surface area contributed by atoms with Gasteiger partial charge in [0.2, 0.25) is 0 Å². The van der Waals surface area contributed by atoms with Crippen molar-refractivity contribution in [2.24, 2.45) is 5.92 Å². The smallest absolute Gasteiger partial charge is 0.0103 e. The van der Waals surface area contributed by atoms with E-state index in [1.165, 1.54) is 32.1 Å². The van der Waals surface area contributed by atoms with Gasteiger partial charge in [-0.15, -0.1) is 0 Å². The van der Waals surface area contributed by atoms with E-state index in [9.17, 15) is 0 Å². The summed E-state index contributed by atoms with van der Waals surface area (Å²) < 4.78 is 0. The van der Waals surface area contributed by atoms with E-state index in [1.807, 2.05) is 0 Å². The zero-order valence-electron chi connectivity index (χ0n) is 11.3. The Morgan fingerprint density at radius 3 is 2.40 bits per heavy atom. The lowest BCUT2D eigenvalue weighted by Crippen LogP contribution is -2.51. The number of hydrogen-bond acceptors (Lipinski definition) is 1. The Kier molecular flexibility index (Phi) is 5.11. The normalized spacial score (nSPS) is 35.4. The van der Waals surface area contributed by atoms with Crippen molar-refractivity contribution in [1.82, 2.24) is 4.90 Å². The maximum absolute atomic E-state index is 2.80. The molecule has 1 nitrogen and oxygen atoms in total. The van der Waals surface area contributed by atoms with E-state index in [0.717, 1.165) is 24.0 Å². The summed E-state index contributed by atoms with van der Waals surface area (Å²) in [6, 6.07) is 2.41. The first-order valence-corrected chi connectivity index (χ1v) is 6.87. The number of rotatable bonds is 4. The van der Waals surface area contributed by atoms with Gasteiger partial charge in [0, 0.05) is 18.1 Å². The van der Waals surface area contributed by atoms with Crippen molar-refractivity contribution in [1.29, 1.82) is 0 Å². The van der Waals surface area contributed by atoms with Crippen molar-refractivity contribution in [2.75, 3.05) is 0 Å². The molecule has 0 aromatic carbocycles. The fourth-order valence-corrected chi connectivity index (χ4v) is 3.35. The van der Waals surface area contributed by atoms with Crippen LogP contribution >= 0.6 is 0 Å². The quantitative estimate of drug-likeness (QED) is 0.677. The predicted octanol–water partition coefficient (Wildman–Crippen LogP) is 4.07. The summed E-state index contributed by atoms with van der Waals surface area (Å²) in [5, 5.41) is 0. The average Bonchev–Trinajstić information content (AvgIpc) is 2.16. The molecule has 0 aliphatic carbocycles. The van der Waals surface area contributed by atoms with Crippen LogP contribution in [0.5, 0.6) is 0 Å². The summed E-state index contributed by atoms with van der Waals surface area (Å²) in [5.41, 5.74) is 0. The highest BCUT2D eigenvalue weighted by molar-refractivity contribution is 4.87. The van der Waals surface area contributed by atoms with Gasteiger partial charge in [0.15, 0.2) is 0 Å². The molecule has 0 saturated carbocycles. The largest absolute Gasteiger partial charge is 0.295 e. The first kappa shape index (κ1) is 13.0. The molecular formula is C14H29N. The van der Waals surface area contributed by atoms with Gasteiger partial charge >= 0.3 is 0 Å². The lowest BCUT2D eigenvalue weighted by atomic mass is 9.84. The number of nitrogens with zero attached hydrogens (tertiary/aromatic N) is 1. The summed E-state index contributed by atoms with van der Waals surface area (Å²) in [6.45, 7) is 11.9. The van der Waals surface area contributed by atoms with Crippen LogP contribution in [-0.4, -0.2) is 23.0 Å². The van der Waals surface area contributed by atoms with E-state index in [1.54, 1.807) is 0 Å². The molecule has 1 rings (SSSR count). The van der Waals surface area contributed by atoms with E-state index < -0.39 is 0 Å². The summed E-state index contributed by atoms with van der Waals surface area (Å²) in [6.07, 6.45) is 6.82. The predicted molar refractivity (Wildman–Crippen MR) is 68.1 cm³/mol. The number of hydrogen-bond donors (Lipinski definition) is 0. The topological polar surface area (TPSA) is 3.24 Å². The van der Waals surface area contributed by atoms with Gasteiger partial charge in [-0.1, -0.05) is 27.2 Å². The molecule has 1 heteroatoms. The van der Waals surface area contributed by atoms with E-state index in [-0.39, 0.29) is 0 Å². The molecule has 0 N–H and O–H groups in total. The van der Waals surface area contributed by atoms with Crippen molar-refractivity contribution in [3.8, 4) is 0 Å². The summed E-state index contributed by atoms with van der Waals surface area (Å²) in [7, 11) is 0. The Bertz CT molecular complexity index is 178. The third-order valence-electron chi connectivity index (χ3n) is 4.07. The van der Waals surface area contributed by atoms with Gasteiger partial charge in [-0.2, -0.15) is 0 Å². The number of likely N-dealkylation sites (tertiary alicyclic amines) is 1. The Morgan fingerprint density at radius 1 is 1.20 bits per heavy atom. The van der Waals surface area contributed by atoms with E-state index in [4.69, 9.17) is 0 Å². The SMILES string of the molecule is CCCC1CC(C)CC(C)N1C(C)CC. The van der Waals surface area contributed by atoms with Crippen LogP contribution in [0.25, 0.3) is 0 Å². The molecule has 1 heterocycles. The monoisotopic (exact) mass is 211 g/mol. The van der Waals surface area contributed by atoms with Crippen LogP contribution < -0.4 is 0 Å². The minimum Gasteiger partial charge on any atom is -0.295 e. The molecule has 4 atom stereocenters. The minimum absolute atomic E-state index is 0.768. The van der Waals surface area contributed by atoms with Crippen LogP contribution in [0.1, 0.15) is 66.7 Å². The molecular weight excluding hydrogens is 182 g/mol. The maximum Gasteiger partial charge on any atom is 0.0103 e. The van der Waals surface area contributed by atoms with Gasteiger partial charge in [0.25, 0.3) is 0 Å². The Morgan fingerprint density at radius 2 is 1.87 bits per heavy atom. The molecule has 1 saturated heterocycles. The van der Waals surface area contributed by atoms with Crippen molar-refractivity contribution in [3.05, 3.63) is 0 Å². The third kappa shape index (κ3) is 3.21. The zero-order chi connectivity index (χ0) is 11.4. The second-order valence-corrected chi connectivity index (χ2v) is 5.57.